The van der Waals surface area contributed by atoms with Crippen LogP contribution in [0, 0.1) is 5.82 Å². The van der Waals surface area contributed by atoms with E-state index in [0.717, 1.165) is 6.07 Å². The average Bonchev–Trinajstić information content (AvgIpc) is 2.95. The van der Waals surface area contributed by atoms with Gasteiger partial charge < -0.3 is 20.2 Å². The third kappa shape index (κ3) is 3.88. The van der Waals surface area contributed by atoms with Gasteiger partial charge in [0.15, 0.2) is 5.60 Å². The van der Waals surface area contributed by atoms with E-state index in [1.54, 1.807) is 38.1 Å². The lowest BCUT2D eigenvalue weighted by molar-refractivity contribution is -0.128. The normalized spacial score (nSPS) is 11.4. The lowest BCUT2D eigenvalue weighted by Crippen LogP contribution is -2.42. The van der Waals surface area contributed by atoms with Crippen LogP contribution in [0.3, 0.4) is 0 Å². The fourth-order valence-electron chi connectivity index (χ4n) is 2.48. The summed E-state index contributed by atoms with van der Waals surface area (Å²) in [5, 5.41) is 3.31. The number of anilines is 1. The van der Waals surface area contributed by atoms with E-state index >= 15 is 0 Å². The number of furan rings is 1. The molecule has 1 heterocycles. The van der Waals surface area contributed by atoms with Gasteiger partial charge in [-0.2, -0.15) is 0 Å². The number of primary amides is 1. The quantitative estimate of drug-likeness (QED) is 0.685. The molecule has 0 bridgehead atoms. The summed E-state index contributed by atoms with van der Waals surface area (Å²) < 4.78 is 24.7. The first-order valence-electron chi connectivity index (χ1n) is 7.95. The number of carbonyl (C=O) groups is 2. The van der Waals surface area contributed by atoms with E-state index in [4.69, 9.17) is 26.5 Å². The molecule has 0 unspecified atom stereocenters. The molecule has 140 valence electrons. The Labute approximate surface area is 159 Å². The molecule has 8 heteroatoms. The molecular weight excluding hydrogens is 375 g/mol. The minimum atomic E-state index is -1.32. The zero-order valence-corrected chi connectivity index (χ0v) is 15.3. The van der Waals surface area contributed by atoms with Gasteiger partial charge in [-0.05, 0) is 56.3 Å². The Hall–Kier alpha value is -3.06. The monoisotopic (exact) mass is 390 g/mol. The Bertz CT molecular complexity index is 1030. The van der Waals surface area contributed by atoms with Gasteiger partial charge in [0, 0.05) is 10.4 Å². The van der Waals surface area contributed by atoms with Gasteiger partial charge in [0.1, 0.15) is 22.8 Å². The van der Waals surface area contributed by atoms with Crippen molar-refractivity contribution in [1.29, 1.82) is 0 Å². The lowest BCUT2D eigenvalue weighted by atomic mass is 10.1. The first-order chi connectivity index (χ1) is 12.7. The molecular formula is C19H16ClFN2O4. The van der Waals surface area contributed by atoms with Crippen molar-refractivity contribution in [3.05, 3.63) is 59.1 Å². The zero-order valence-electron chi connectivity index (χ0n) is 14.5. The zero-order chi connectivity index (χ0) is 19.8. The summed E-state index contributed by atoms with van der Waals surface area (Å²) in [6.45, 7) is 3.09. The number of nitrogens with one attached hydrogen (secondary N) is 1. The number of fused-ring (bicyclic) bond motifs is 1. The predicted octanol–water partition coefficient (Wildman–Crippen LogP) is 4.12. The van der Waals surface area contributed by atoms with Gasteiger partial charge in [-0.1, -0.05) is 11.6 Å². The number of hydrogen-bond acceptors (Lipinski definition) is 4. The van der Waals surface area contributed by atoms with E-state index < -0.39 is 23.2 Å². The molecule has 0 radical (unpaired) electrons. The number of amides is 2. The third-order valence-electron chi connectivity index (χ3n) is 3.85. The summed E-state index contributed by atoms with van der Waals surface area (Å²) in [5.41, 5.74) is 4.21. The van der Waals surface area contributed by atoms with Crippen molar-refractivity contribution in [1.82, 2.24) is 0 Å². The Morgan fingerprint density at radius 2 is 1.85 bits per heavy atom. The summed E-state index contributed by atoms with van der Waals surface area (Å²) in [6.07, 6.45) is 0. The van der Waals surface area contributed by atoms with E-state index in [9.17, 15) is 14.0 Å². The summed E-state index contributed by atoms with van der Waals surface area (Å²) in [7, 11) is 0. The SMILES string of the molecule is CC(C)(Oc1ccc(Cl)cc1)C(=O)Nc1c(C(N)=O)oc2ccc(F)cc12. The second-order valence-corrected chi connectivity index (χ2v) is 6.77. The van der Waals surface area contributed by atoms with Gasteiger partial charge in [0.25, 0.3) is 11.8 Å². The van der Waals surface area contributed by atoms with Crippen molar-refractivity contribution in [2.75, 3.05) is 5.32 Å². The molecule has 3 rings (SSSR count). The topological polar surface area (TPSA) is 94.6 Å². The van der Waals surface area contributed by atoms with Crippen molar-refractivity contribution in [2.45, 2.75) is 19.4 Å². The Kier molecular flexibility index (Phi) is 4.80. The molecule has 2 aromatic carbocycles. The van der Waals surface area contributed by atoms with Crippen molar-refractivity contribution >= 4 is 40.1 Å². The van der Waals surface area contributed by atoms with E-state index in [1.807, 2.05) is 0 Å². The Morgan fingerprint density at radius 1 is 1.19 bits per heavy atom. The van der Waals surface area contributed by atoms with Crippen LogP contribution in [0.2, 0.25) is 5.02 Å². The van der Waals surface area contributed by atoms with Crippen LogP contribution in [0.25, 0.3) is 11.0 Å². The number of hydrogen-bond donors (Lipinski definition) is 2. The molecule has 0 aliphatic rings. The van der Waals surface area contributed by atoms with E-state index in [1.165, 1.54) is 12.1 Å². The van der Waals surface area contributed by atoms with Crippen molar-refractivity contribution < 1.29 is 23.1 Å². The molecule has 0 aliphatic heterocycles. The second-order valence-electron chi connectivity index (χ2n) is 6.33. The number of nitrogens with two attached hydrogens (primary N) is 1. The molecule has 1 aromatic heterocycles. The molecule has 0 fully saturated rings. The lowest BCUT2D eigenvalue weighted by Gasteiger charge is -2.25. The van der Waals surface area contributed by atoms with Gasteiger partial charge in [0.2, 0.25) is 5.76 Å². The number of ether oxygens (including phenoxy) is 1. The van der Waals surface area contributed by atoms with Crippen LogP contribution in [-0.4, -0.2) is 17.4 Å². The van der Waals surface area contributed by atoms with Crippen LogP contribution < -0.4 is 15.8 Å². The van der Waals surface area contributed by atoms with Gasteiger partial charge in [0.05, 0.1) is 0 Å². The van der Waals surface area contributed by atoms with E-state index in [0.29, 0.717) is 10.8 Å². The minimum Gasteiger partial charge on any atom is -0.478 e. The van der Waals surface area contributed by atoms with Crippen LogP contribution in [0.4, 0.5) is 10.1 Å². The van der Waals surface area contributed by atoms with E-state index in [2.05, 4.69) is 5.32 Å². The molecule has 2 amide bonds. The summed E-state index contributed by atoms with van der Waals surface area (Å²) in [4.78, 5) is 24.4. The molecule has 27 heavy (non-hydrogen) atoms. The highest BCUT2D eigenvalue weighted by Gasteiger charge is 2.32. The fourth-order valence-corrected chi connectivity index (χ4v) is 2.60. The van der Waals surface area contributed by atoms with Crippen molar-refractivity contribution in [3.8, 4) is 5.75 Å². The maximum absolute atomic E-state index is 13.6. The molecule has 0 saturated heterocycles. The standard InChI is InChI=1S/C19H16ClFN2O4/c1-19(2,27-12-6-3-10(20)4-7-12)18(25)23-15-13-9-11(21)5-8-14(13)26-16(15)17(22)24/h3-9H,1-2H3,(H2,22,24)(H,23,25). The summed E-state index contributed by atoms with van der Waals surface area (Å²) in [5.74, 6) is -1.86. The number of benzene rings is 2. The highest BCUT2D eigenvalue weighted by molar-refractivity contribution is 6.30. The van der Waals surface area contributed by atoms with Crippen molar-refractivity contribution in [2.24, 2.45) is 5.73 Å². The highest BCUT2D eigenvalue weighted by atomic mass is 35.5. The van der Waals surface area contributed by atoms with Crippen LogP contribution in [0.15, 0.2) is 46.9 Å². The highest BCUT2D eigenvalue weighted by Crippen LogP contribution is 2.32. The van der Waals surface area contributed by atoms with Crippen LogP contribution in [-0.2, 0) is 4.79 Å². The first kappa shape index (κ1) is 18.7. The van der Waals surface area contributed by atoms with Crippen LogP contribution in [0.5, 0.6) is 5.75 Å². The maximum Gasteiger partial charge on any atom is 0.286 e. The molecule has 0 atom stereocenters. The Morgan fingerprint density at radius 3 is 2.48 bits per heavy atom. The molecule has 0 saturated carbocycles. The number of halogens is 2. The predicted molar refractivity (Wildman–Crippen MR) is 99.5 cm³/mol. The molecule has 0 aliphatic carbocycles. The number of carbonyl (C=O) groups excluding carboxylic acids is 2. The smallest absolute Gasteiger partial charge is 0.286 e. The fraction of sp³-hybridized carbons (Fsp3) is 0.158. The van der Waals surface area contributed by atoms with Gasteiger partial charge in [-0.15, -0.1) is 0 Å². The van der Waals surface area contributed by atoms with Crippen LogP contribution in [0.1, 0.15) is 24.4 Å². The average molecular weight is 391 g/mol. The molecule has 3 N–H and O–H groups in total. The number of rotatable bonds is 5. The third-order valence-corrected chi connectivity index (χ3v) is 4.10. The first-order valence-corrected chi connectivity index (χ1v) is 8.33. The van der Waals surface area contributed by atoms with Gasteiger partial charge in [-0.25, -0.2) is 4.39 Å². The van der Waals surface area contributed by atoms with Gasteiger partial charge in [-0.3, -0.25) is 9.59 Å². The summed E-state index contributed by atoms with van der Waals surface area (Å²) >= 11 is 5.84. The van der Waals surface area contributed by atoms with Crippen molar-refractivity contribution in [3.63, 3.8) is 0 Å². The van der Waals surface area contributed by atoms with E-state index in [-0.39, 0.29) is 22.4 Å². The van der Waals surface area contributed by atoms with Gasteiger partial charge >= 0.3 is 0 Å². The second kappa shape index (κ2) is 6.92. The minimum absolute atomic E-state index is 0.00483. The summed E-state index contributed by atoms with van der Waals surface area (Å²) in [6, 6.07) is 10.2. The molecule has 3 aromatic rings. The van der Waals surface area contributed by atoms with Crippen LogP contribution >= 0.6 is 11.6 Å². The maximum atomic E-state index is 13.6. The largest absolute Gasteiger partial charge is 0.478 e. The molecule has 6 nitrogen and oxygen atoms in total. The molecule has 0 spiro atoms. The Balaban J connectivity index is 1.92.